The molecule has 0 bridgehead atoms. The topological polar surface area (TPSA) is 25.8 Å². The van der Waals surface area contributed by atoms with Crippen LogP contribution >= 0.6 is 0 Å². The van der Waals surface area contributed by atoms with Crippen molar-refractivity contribution in [1.82, 2.24) is 9.97 Å². The third-order valence-corrected chi connectivity index (χ3v) is 3.86. The molecule has 4 rings (SSSR count). The van der Waals surface area contributed by atoms with E-state index in [1.807, 2.05) is 24.3 Å². The van der Waals surface area contributed by atoms with E-state index in [2.05, 4.69) is 9.97 Å². The number of halogens is 3. The minimum Gasteiger partial charge on any atom is -0.244 e. The third kappa shape index (κ3) is 2.48. The minimum absolute atomic E-state index is 0.146. The zero-order valence-electron chi connectivity index (χ0n) is 12.4. The number of hydrogen-bond acceptors (Lipinski definition) is 2. The van der Waals surface area contributed by atoms with Gasteiger partial charge in [-0.3, -0.25) is 0 Å². The van der Waals surface area contributed by atoms with E-state index in [1.165, 1.54) is 6.07 Å². The molecular formula is C19H11F3N2. The van der Waals surface area contributed by atoms with E-state index in [0.29, 0.717) is 11.1 Å². The summed E-state index contributed by atoms with van der Waals surface area (Å²) in [5.41, 5.74) is -0.0364. The lowest BCUT2D eigenvalue weighted by Crippen LogP contribution is -2.12. The van der Waals surface area contributed by atoms with Gasteiger partial charge in [-0.1, -0.05) is 48.5 Å². The SMILES string of the molecule is FC(F)(F)c1nc2ccccc2nc1-c1ccc2ccccc2c1. The fraction of sp³-hybridized carbons (Fsp3) is 0.0526. The monoisotopic (exact) mass is 324 g/mol. The summed E-state index contributed by atoms with van der Waals surface area (Å²) in [5.74, 6) is 0. The number of para-hydroxylation sites is 2. The molecule has 0 unspecified atom stereocenters. The van der Waals surface area contributed by atoms with E-state index >= 15 is 0 Å². The molecule has 2 nitrogen and oxygen atoms in total. The van der Waals surface area contributed by atoms with Crippen molar-refractivity contribution in [3.8, 4) is 11.3 Å². The number of fused-ring (bicyclic) bond motifs is 2. The highest BCUT2D eigenvalue weighted by Gasteiger charge is 2.37. The van der Waals surface area contributed by atoms with Crippen LogP contribution in [0, 0.1) is 0 Å². The van der Waals surface area contributed by atoms with Crippen molar-refractivity contribution >= 4 is 21.8 Å². The van der Waals surface area contributed by atoms with Gasteiger partial charge in [0.2, 0.25) is 0 Å². The lowest BCUT2D eigenvalue weighted by Gasteiger charge is -2.13. The second-order valence-corrected chi connectivity index (χ2v) is 5.47. The van der Waals surface area contributed by atoms with Gasteiger partial charge in [0.15, 0.2) is 5.69 Å². The van der Waals surface area contributed by atoms with Crippen LogP contribution in [-0.4, -0.2) is 9.97 Å². The van der Waals surface area contributed by atoms with Crippen molar-refractivity contribution in [3.63, 3.8) is 0 Å². The molecule has 0 aliphatic carbocycles. The van der Waals surface area contributed by atoms with Crippen molar-refractivity contribution in [3.05, 3.63) is 72.4 Å². The molecule has 0 radical (unpaired) electrons. The first-order valence-electron chi connectivity index (χ1n) is 7.35. The number of rotatable bonds is 1. The fourth-order valence-corrected chi connectivity index (χ4v) is 2.74. The van der Waals surface area contributed by atoms with E-state index in [1.54, 1.807) is 36.4 Å². The van der Waals surface area contributed by atoms with Crippen LogP contribution in [0.2, 0.25) is 0 Å². The summed E-state index contributed by atoms with van der Waals surface area (Å²) in [4.78, 5) is 8.05. The Morgan fingerprint density at radius 2 is 1.29 bits per heavy atom. The summed E-state index contributed by atoms with van der Waals surface area (Å²) < 4.78 is 40.4. The molecule has 1 heterocycles. The van der Waals surface area contributed by atoms with Gasteiger partial charge in [-0.15, -0.1) is 0 Å². The lowest BCUT2D eigenvalue weighted by molar-refractivity contribution is -0.140. The molecule has 0 fully saturated rings. The molecule has 0 N–H and O–H groups in total. The predicted molar refractivity (Wildman–Crippen MR) is 87.5 cm³/mol. The van der Waals surface area contributed by atoms with Crippen molar-refractivity contribution < 1.29 is 13.2 Å². The van der Waals surface area contributed by atoms with Crippen LogP contribution in [-0.2, 0) is 6.18 Å². The maximum Gasteiger partial charge on any atom is 0.435 e. The first kappa shape index (κ1) is 14.6. The van der Waals surface area contributed by atoms with Crippen LogP contribution in [0.5, 0.6) is 0 Å². The second kappa shape index (κ2) is 5.30. The van der Waals surface area contributed by atoms with E-state index < -0.39 is 11.9 Å². The van der Waals surface area contributed by atoms with Crippen molar-refractivity contribution in [2.45, 2.75) is 6.18 Å². The average Bonchev–Trinajstić information content (AvgIpc) is 2.59. The Kier molecular flexibility index (Phi) is 3.23. The smallest absolute Gasteiger partial charge is 0.244 e. The van der Waals surface area contributed by atoms with Crippen LogP contribution in [0.15, 0.2) is 66.7 Å². The molecule has 24 heavy (non-hydrogen) atoms. The first-order valence-corrected chi connectivity index (χ1v) is 7.35. The largest absolute Gasteiger partial charge is 0.435 e. The number of aromatic nitrogens is 2. The summed E-state index contributed by atoms with van der Waals surface area (Å²) in [6.45, 7) is 0. The van der Waals surface area contributed by atoms with Crippen molar-refractivity contribution in [2.24, 2.45) is 0 Å². The van der Waals surface area contributed by atoms with Crippen LogP contribution in [0.25, 0.3) is 33.1 Å². The molecule has 3 aromatic carbocycles. The minimum atomic E-state index is -4.57. The van der Waals surface area contributed by atoms with Crippen molar-refractivity contribution in [2.75, 3.05) is 0 Å². The zero-order valence-corrected chi connectivity index (χ0v) is 12.4. The maximum atomic E-state index is 13.5. The lowest BCUT2D eigenvalue weighted by atomic mass is 10.0. The number of hydrogen-bond donors (Lipinski definition) is 0. The Balaban J connectivity index is 2.02. The Bertz CT molecular complexity index is 1060. The number of alkyl halides is 3. The summed E-state index contributed by atoms with van der Waals surface area (Å²) in [7, 11) is 0. The van der Waals surface area contributed by atoms with Crippen LogP contribution in [0.1, 0.15) is 5.69 Å². The Morgan fingerprint density at radius 1 is 0.667 bits per heavy atom. The molecule has 0 saturated heterocycles. The summed E-state index contributed by atoms with van der Waals surface area (Å²) in [6.07, 6.45) is -4.57. The van der Waals surface area contributed by atoms with Crippen molar-refractivity contribution in [1.29, 1.82) is 0 Å². The molecule has 5 heteroatoms. The number of nitrogens with zero attached hydrogens (tertiary/aromatic N) is 2. The maximum absolute atomic E-state index is 13.5. The van der Waals surface area contributed by atoms with Gasteiger partial charge in [0, 0.05) is 5.56 Å². The Labute approximate surface area is 135 Å². The molecular weight excluding hydrogens is 313 g/mol. The van der Waals surface area contributed by atoms with Gasteiger partial charge in [0.1, 0.15) is 5.69 Å². The van der Waals surface area contributed by atoms with Crippen LogP contribution in [0.3, 0.4) is 0 Å². The molecule has 0 amide bonds. The van der Waals surface area contributed by atoms with Gasteiger partial charge in [0.05, 0.1) is 11.0 Å². The van der Waals surface area contributed by atoms with E-state index in [-0.39, 0.29) is 11.2 Å². The van der Waals surface area contributed by atoms with Gasteiger partial charge in [-0.25, -0.2) is 9.97 Å². The molecule has 0 aliphatic rings. The van der Waals surface area contributed by atoms with Gasteiger partial charge >= 0.3 is 6.18 Å². The van der Waals surface area contributed by atoms with E-state index in [4.69, 9.17) is 0 Å². The normalized spacial score (nSPS) is 12.0. The molecule has 4 aromatic rings. The van der Waals surface area contributed by atoms with Gasteiger partial charge in [-0.2, -0.15) is 13.2 Å². The highest BCUT2D eigenvalue weighted by atomic mass is 19.4. The molecule has 0 spiro atoms. The van der Waals surface area contributed by atoms with Crippen LogP contribution in [0.4, 0.5) is 13.2 Å². The Morgan fingerprint density at radius 3 is 2.00 bits per heavy atom. The number of benzene rings is 3. The summed E-state index contributed by atoms with van der Waals surface area (Å²) in [6, 6.07) is 19.2. The van der Waals surface area contributed by atoms with Crippen LogP contribution < -0.4 is 0 Å². The van der Waals surface area contributed by atoms with Gasteiger partial charge in [0.25, 0.3) is 0 Å². The Hall–Kier alpha value is -2.95. The highest BCUT2D eigenvalue weighted by Crippen LogP contribution is 2.36. The van der Waals surface area contributed by atoms with Gasteiger partial charge < -0.3 is 0 Å². The highest BCUT2D eigenvalue weighted by molar-refractivity contribution is 5.88. The molecule has 1 aromatic heterocycles. The third-order valence-electron chi connectivity index (χ3n) is 3.86. The van der Waals surface area contributed by atoms with E-state index in [9.17, 15) is 13.2 Å². The first-order chi connectivity index (χ1) is 11.5. The van der Waals surface area contributed by atoms with Gasteiger partial charge in [-0.05, 0) is 29.0 Å². The molecule has 0 saturated carbocycles. The second-order valence-electron chi connectivity index (χ2n) is 5.47. The predicted octanol–water partition coefficient (Wildman–Crippen LogP) is 5.47. The average molecular weight is 324 g/mol. The van der Waals surface area contributed by atoms with E-state index in [0.717, 1.165) is 10.8 Å². The zero-order chi connectivity index (χ0) is 16.7. The molecule has 118 valence electrons. The quantitative estimate of drug-likeness (QED) is 0.464. The molecule has 0 aliphatic heterocycles. The summed E-state index contributed by atoms with van der Waals surface area (Å²) >= 11 is 0. The fourth-order valence-electron chi connectivity index (χ4n) is 2.74. The molecule has 0 atom stereocenters. The summed E-state index contributed by atoms with van der Waals surface area (Å²) in [5, 5.41) is 1.82. The standard InChI is InChI=1S/C19H11F3N2/c20-19(21,22)18-17(23-15-7-3-4-8-16(15)24-18)14-10-9-12-5-1-2-6-13(12)11-14/h1-11H.